The molecule has 0 aliphatic heterocycles. The third-order valence-corrected chi connectivity index (χ3v) is 6.18. The molecule has 0 fully saturated rings. The average Bonchev–Trinajstić information content (AvgIpc) is 3.08. The lowest BCUT2D eigenvalue weighted by atomic mass is 9.97. The number of fused-ring (bicyclic) bond motifs is 1. The van der Waals surface area contributed by atoms with Gasteiger partial charge in [0.1, 0.15) is 0 Å². The molecule has 3 aromatic rings. The summed E-state index contributed by atoms with van der Waals surface area (Å²) in [6, 6.07) is 9.78. The van der Waals surface area contributed by atoms with Crippen LogP contribution in [0, 0.1) is 5.92 Å². The summed E-state index contributed by atoms with van der Waals surface area (Å²) in [4.78, 5) is 12.9. The highest BCUT2D eigenvalue weighted by molar-refractivity contribution is 7.22. The number of hydrogen-bond acceptors (Lipinski definition) is 4. The lowest BCUT2D eigenvalue weighted by Gasteiger charge is -2.11. The predicted molar refractivity (Wildman–Crippen MR) is 113 cm³/mol. The van der Waals surface area contributed by atoms with Crippen LogP contribution in [0.3, 0.4) is 0 Å². The molecule has 2 aromatic heterocycles. The van der Waals surface area contributed by atoms with E-state index in [0.717, 1.165) is 32.6 Å². The quantitative estimate of drug-likeness (QED) is 0.480. The van der Waals surface area contributed by atoms with Gasteiger partial charge in [-0.15, -0.1) is 16.4 Å². The van der Waals surface area contributed by atoms with Crippen molar-refractivity contribution in [1.29, 1.82) is 0 Å². The fourth-order valence-electron chi connectivity index (χ4n) is 3.23. The smallest absolute Gasteiger partial charge is 0.270 e. The summed E-state index contributed by atoms with van der Waals surface area (Å²) < 4.78 is 0.818. The first kappa shape index (κ1) is 19.8. The van der Waals surface area contributed by atoms with Crippen LogP contribution in [-0.4, -0.2) is 16.1 Å². The van der Waals surface area contributed by atoms with Gasteiger partial charge in [0.25, 0.3) is 5.91 Å². The zero-order valence-electron chi connectivity index (χ0n) is 15.7. The van der Waals surface area contributed by atoms with Gasteiger partial charge < -0.3 is 5.73 Å². The molecule has 0 spiro atoms. The minimum Gasteiger partial charge on any atom is -0.364 e. The van der Waals surface area contributed by atoms with Gasteiger partial charge in [-0.1, -0.05) is 63.3 Å². The molecular formula is C21H24ClN3OS. The van der Waals surface area contributed by atoms with Crippen LogP contribution < -0.4 is 5.73 Å². The molecule has 1 unspecified atom stereocenters. The monoisotopic (exact) mass is 401 g/mol. The van der Waals surface area contributed by atoms with Crippen molar-refractivity contribution in [1.82, 2.24) is 10.2 Å². The van der Waals surface area contributed by atoms with E-state index < -0.39 is 5.91 Å². The van der Waals surface area contributed by atoms with Gasteiger partial charge >= 0.3 is 0 Å². The molecule has 1 atom stereocenters. The minimum absolute atomic E-state index is 0.248. The normalized spacial score (nSPS) is 12.4. The predicted octanol–water partition coefficient (Wildman–Crippen LogP) is 5.87. The van der Waals surface area contributed by atoms with E-state index in [4.69, 9.17) is 17.3 Å². The molecule has 0 bridgehead atoms. The number of carbonyl (C=O) groups excluding carboxylic acids is 1. The number of benzene rings is 1. The Kier molecular flexibility index (Phi) is 6.45. The first-order chi connectivity index (χ1) is 13.0. The van der Waals surface area contributed by atoms with Gasteiger partial charge in [-0.25, -0.2) is 0 Å². The molecule has 1 aromatic carbocycles. The number of nitrogens with two attached hydrogens (primary N) is 1. The SMILES string of the molecule is CCCCCC(C)Cc1nnc(C(N)=O)c2sc(-c3ccc(Cl)cc3)cc12. The van der Waals surface area contributed by atoms with Crippen LogP contribution in [0.15, 0.2) is 30.3 Å². The Balaban J connectivity index is 1.98. The van der Waals surface area contributed by atoms with E-state index in [-0.39, 0.29) is 5.69 Å². The Labute approximate surface area is 168 Å². The van der Waals surface area contributed by atoms with Crippen molar-refractivity contribution in [3.05, 3.63) is 46.7 Å². The summed E-state index contributed by atoms with van der Waals surface area (Å²) in [5.74, 6) is -0.0214. The third-order valence-electron chi connectivity index (χ3n) is 4.73. The molecular weight excluding hydrogens is 378 g/mol. The van der Waals surface area contributed by atoms with Crippen molar-refractivity contribution in [3.8, 4) is 10.4 Å². The molecule has 3 rings (SSSR count). The lowest BCUT2D eigenvalue weighted by Crippen LogP contribution is -2.15. The second kappa shape index (κ2) is 8.81. The lowest BCUT2D eigenvalue weighted by molar-refractivity contribution is 0.0996. The molecule has 0 aliphatic rings. The number of nitrogens with zero attached hydrogens (tertiary/aromatic N) is 2. The van der Waals surface area contributed by atoms with Gasteiger partial charge in [-0.2, -0.15) is 5.10 Å². The number of rotatable bonds is 8. The van der Waals surface area contributed by atoms with Gasteiger partial charge in [0.05, 0.1) is 10.4 Å². The number of aromatic nitrogens is 2. The molecule has 2 N–H and O–H groups in total. The topological polar surface area (TPSA) is 68.9 Å². The standard InChI is InChI=1S/C21H24ClN3OS/c1-3-4-5-6-13(2)11-17-16-12-18(14-7-9-15(22)10-8-14)27-20(16)19(21(23)26)25-24-17/h7-10,12-13H,3-6,11H2,1-2H3,(H2,23,26). The molecule has 142 valence electrons. The maximum Gasteiger partial charge on any atom is 0.270 e. The molecule has 27 heavy (non-hydrogen) atoms. The van der Waals surface area contributed by atoms with Crippen LogP contribution in [0.4, 0.5) is 0 Å². The van der Waals surface area contributed by atoms with E-state index in [1.54, 1.807) is 0 Å². The van der Waals surface area contributed by atoms with Crippen LogP contribution in [-0.2, 0) is 6.42 Å². The van der Waals surface area contributed by atoms with E-state index in [1.807, 2.05) is 24.3 Å². The van der Waals surface area contributed by atoms with Gasteiger partial charge in [0.2, 0.25) is 0 Å². The number of carbonyl (C=O) groups is 1. The van der Waals surface area contributed by atoms with E-state index in [1.165, 1.54) is 37.0 Å². The fraction of sp³-hybridized carbons (Fsp3) is 0.381. The number of halogens is 1. The molecule has 4 nitrogen and oxygen atoms in total. The fourth-order valence-corrected chi connectivity index (χ4v) is 4.54. The van der Waals surface area contributed by atoms with Crippen LogP contribution in [0.1, 0.15) is 55.7 Å². The van der Waals surface area contributed by atoms with Crippen LogP contribution in [0.25, 0.3) is 20.5 Å². The van der Waals surface area contributed by atoms with Gasteiger partial charge in [-0.3, -0.25) is 4.79 Å². The van der Waals surface area contributed by atoms with Crippen molar-refractivity contribution in [2.45, 2.75) is 46.0 Å². The summed E-state index contributed by atoms with van der Waals surface area (Å²) >= 11 is 7.53. The number of unbranched alkanes of at least 4 members (excludes halogenated alkanes) is 2. The van der Waals surface area contributed by atoms with Gasteiger partial charge in [-0.05, 0) is 36.1 Å². The second-order valence-electron chi connectivity index (χ2n) is 7.02. The van der Waals surface area contributed by atoms with Crippen LogP contribution in [0.5, 0.6) is 0 Å². The minimum atomic E-state index is -0.542. The average molecular weight is 402 g/mol. The van der Waals surface area contributed by atoms with Crippen LogP contribution in [0.2, 0.25) is 5.02 Å². The first-order valence-corrected chi connectivity index (χ1v) is 10.5. The van der Waals surface area contributed by atoms with Crippen molar-refractivity contribution in [2.75, 3.05) is 0 Å². The van der Waals surface area contributed by atoms with Gasteiger partial charge in [0.15, 0.2) is 5.69 Å². The molecule has 1 amide bonds. The highest BCUT2D eigenvalue weighted by Gasteiger charge is 2.18. The van der Waals surface area contributed by atoms with Gasteiger partial charge in [0, 0.05) is 15.3 Å². The third kappa shape index (κ3) is 4.66. The molecule has 0 saturated heterocycles. The summed E-state index contributed by atoms with van der Waals surface area (Å²) in [5.41, 5.74) is 7.77. The summed E-state index contributed by atoms with van der Waals surface area (Å²) in [5, 5.41) is 10.2. The Morgan fingerprint density at radius 3 is 2.63 bits per heavy atom. The second-order valence-corrected chi connectivity index (χ2v) is 8.51. The Hall–Kier alpha value is -1.98. The zero-order chi connectivity index (χ0) is 19.4. The Bertz CT molecular complexity index is 936. The van der Waals surface area contributed by atoms with Crippen molar-refractivity contribution < 1.29 is 4.79 Å². The van der Waals surface area contributed by atoms with Crippen LogP contribution >= 0.6 is 22.9 Å². The van der Waals surface area contributed by atoms with Crippen molar-refractivity contribution in [2.24, 2.45) is 11.7 Å². The maximum atomic E-state index is 11.8. The number of thiophene rings is 1. The molecule has 0 aliphatic carbocycles. The van der Waals surface area contributed by atoms with Crippen molar-refractivity contribution >= 4 is 38.9 Å². The first-order valence-electron chi connectivity index (χ1n) is 9.34. The maximum absolute atomic E-state index is 11.8. The molecule has 2 heterocycles. The Morgan fingerprint density at radius 2 is 1.96 bits per heavy atom. The summed E-state index contributed by atoms with van der Waals surface area (Å²) in [7, 11) is 0. The molecule has 0 radical (unpaired) electrons. The number of primary amides is 1. The number of amides is 1. The highest BCUT2D eigenvalue weighted by atomic mass is 35.5. The zero-order valence-corrected chi connectivity index (χ0v) is 17.2. The number of hydrogen-bond donors (Lipinski definition) is 1. The summed E-state index contributed by atoms with van der Waals surface area (Å²) in [6.45, 7) is 4.46. The van der Waals surface area contributed by atoms with E-state index in [2.05, 4.69) is 30.1 Å². The largest absolute Gasteiger partial charge is 0.364 e. The van der Waals surface area contributed by atoms with Crippen molar-refractivity contribution in [3.63, 3.8) is 0 Å². The molecule has 6 heteroatoms. The Morgan fingerprint density at radius 1 is 1.22 bits per heavy atom. The van der Waals surface area contributed by atoms with E-state index in [0.29, 0.717) is 10.9 Å². The van der Waals surface area contributed by atoms with E-state index in [9.17, 15) is 4.79 Å². The molecule has 0 saturated carbocycles. The highest BCUT2D eigenvalue weighted by Crippen LogP contribution is 2.37. The summed E-state index contributed by atoms with van der Waals surface area (Å²) in [6.07, 6.45) is 5.73. The van der Waals surface area contributed by atoms with E-state index >= 15 is 0 Å².